The van der Waals surface area contributed by atoms with Gasteiger partial charge in [0.2, 0.25) is 0 Å². The number of carbonyl (C=O) groups is 2. The molecule has 0 aromatic heterocycles. The van der Waals surface area contributed by atoms with Crippen LogP contribution in [0.25, 0.3) is 0 Å². The Hall–Kier alpha value is -2.62. The van der Waals surface area contributed by atoms with E-state index in [-0.39, 0.29) is 11.8 Å². The largest absolute Gasteiger partial charge is 0.491 e. The molecule has 1 aliphatic rings. The van der Waals surface area contributed by atoms with E-state index in [1.165, 1.54) is 4.90 Å². The van der Waals surface area contributed by atoms with Crippen LogP contribution in [0.2, 0.25) is 0 Å². The summed E-state index contributed by atoms with van der Waals surface area (Å²) in [7, 11) is 0. The summed E-state index contributed by atoms with van der Waals surface area (Å²) >= 11 is 0. The van der Waals surface area contributed by atoms with E-state index in [0.717, 1.165) is 17.5 Å². The third kappa shape index (κ3) is 2.40. The highest BCUT2D eigenvalue weighted by molar-refractivity contribution is 6.35. The van der Waals surface area contributed by atoms with Gasteiger partial charge in [0.25, 0.3) is 11.8 Å². The second-order valence-electron chi connectivity index (χ2n) is 5.69. The van der Waals surface area contributed by atoms with E-state index in [1.54, 1.807) is 24.3 Å². The van der Waals surface area contributed by atoms with Crippen molar-refractivity contribution in [3.05, 3.63) is 58.7 Å². The molecule has 4 heteroatoms. The highest BCUT2D eigenvalue weighted by Crippen LogP contribution is 2.36. The van der Waals surface area contributed by atoms with Crippen molar-refractivity contribution >= 4 is 17.5 Å². The van der Waals surface area contributed by atoms with Gasteiger partial charge in [-0.3, -0.25) is 9.59 Å². The number of anilines is 1. The summed E-state index contributed by atoms with van der Waals surface area (Å²) in [5.41, 5.74) is 3.32. The lowest BCUT2D eigenvalue weighted by atomic mass is 9.99. The number of amides is 2. The van der Waals surface area contributed by atoms with E-state index >= 15 is 0 Å². The minimum absolute atomic E-state index is 0.279. The zero-order valence-electron chi connectivity index (χ0n) is 13.6. The molecule has 0 unspecified atom stereocenters. The molecule has 2 aromatic rings. The number of aryl methyl sites for hydroxylation is 1. The van der Waals surface area contributed by atoms with Crippen molar-refractivity contribution in [3.63, 3.8) is 0 Å². The maximum absolute atomic E-state index is 12.9. The third-order valence-electron chi connectivity index (χ3n) is 4.15. The Kier molecular flexibility index (Phi) is 3.90. The first-order valence-electron chi connectivity index (χ1n) is 7.77. The highest BCUT2D eigenvalue weighted by atomic mass is 16.5. The molecule has 2 aromatic carbocycles. The molecular formula is C19H19NO3. The van der Waals surface area contributed by atoms with Crippen LogP contribution in [0.5, 0.6) is 5.75 Å². The average molecular weight is 309 g/mol. The molecule has 0 fully saturated rings. The van der Waals surface area contributed by atoms with Gasteiger partial charge in [0, 0.05) is 0 Å². The Bertz CT molecular complexity index is 795. The van der Waals surface area contributed by atoms with Crippen molar-refractivity contribution in [1.29, 1.82) is 0 Å². The lowest BCUT2D eigenvalue weighted by Crippen LogP contribution is -2.30. The molecule has 3 rings (SSSR count). The monoisotopic (exact) mass is 309 g/mol. The van der Waals surface area contributed by atoms with Crippen molar-refractivity contribution in [1.82, 2.24) is 0 Å². The first-order chi connectivity index (χ1) is 11.1. The maximum atomic E-state index is 12.9. The Labute approximate surface area is 135 Å². The topological polar surface area (TPSA) is 46.6 Å². The van der Waals surface area contributed by atoms with Crippen molar-refractivity contribution in [2.24, 2.45) is 0 Å². The molecule has 0 aliphatic carbocycles. The Morgan fingerprint density at radius 3 is 2.48 bits per heavy atom. The van der Waals surface area contributed by atoms with Gasteiger partial charge in [0.15, 0.2) is 0 Å². The van der Waals surface area contributed by atoms with Gasteiger partial charge in [0.05, 0.1) is 23.4 Å². The lowest BCUT2D eigenvalue weighted by molar-refractivity contribution is 0.0924. The average Bonchev–Trinajstić information content (AvgIpc) is 2.80. The number of nitrogens with zero attached hydrogens (tertiary/aromatic N) is 1. The van der Waals surface area contributed by atoms with E-state index in [4.69, 9.17) is 4.74 Å². The normalized spacial score (nSPS) is 13.4. The molecule has 1 heterocycles. The van der Waals surface area contributed by atoms with Crippen molar-refractivity contribution in [3.8, 4) is 5.75 Å². The van der Waals surface area contributed by atoms with E-state index in [9.17, 15) is 9.59 Å². The molecular weight excluding hydrogens is 290 g/mol. The summed E-state index contributed by atoms with van der Waals surface area (Å²) in [5, 5.41) is 0. The minimum Gasteiger partial charge on any atom is -0.491 e. The second-order valence-corrected chi connectivity index (χ2v) is 5.69. The number of carbonyl (C=O) groups excluding carboxylic acids is 2. The van der Waals surface area contributed by atoms with Crippen LogP contribution in [-0.4, -0.2) is 18.4 Å². The molecule has 0 saturated carbocycles. The van der Waals surface area contributed by atoms with Gasteiger partial charge >= 0.3 is 0 Å². The van der Waals surface area contributed by atoms with Crippen LogP contribution < -0.4 is 9.64 Å². The second kappa shape index (κ2) is 5.88. The molecule has 0 N–H and O–H groups in total. The number of rotatable bonds is 4. The van der Waals surface area contributed by atoms with Crippen molar-refractivity contribution < 1.29 is 14.3 Å². The van der Waals surface area contributed by atoms with Gasteiger partial charge in [-0.25, -0.2) is 4.90 Å². The lowest BCUT2D eigenvalue weighted by Gasteiger charge is -2.18. The van der Waals surface area contributed by atoms with Crippen LogP contribution in [0.15, 0.2) is 36.4 Å². The van der Waals surface area contributed by atoms with Gasteiger partial charge in [-0.1, -0.05) is 25.1 Å². The van der Waals surface area contributed by atoms with Crippen LogP contribution in [0, 0.1) is 13.8 Å². The molecule has 0 radical (unpaired) electrons. The molecule has 4 nitrogen and oxygen atoms in total. The van der Waals surface area contributed by atoms with Gasteiger partial charge in [-0.15, -0.1) is 0 Å². The quantitative estimate of drug-likeness (QED) is 0.805. The Morgan fingerprint density at radius 2 is 1.74 bits per heavy atom. The first-order valence-corrected chi connectivity index (χ1v) is 7.77. The number of para-hydroxylation sites is 2. The SMILES string of the molecule is CCCOc1ccccc1N1C(=O)c2ccc(C)c(C)c2C1=O. The number of hydrogen-bond acceptors (Lipinski definition) is 3. The highest BCUT2D eigenvalue weighted by Gasteiger charge is 2.39. The number of ether oxygens (including phenoxy) is 1. The zero-order valence-corrected chi connectivity index (χ0v) is 13.6. The molecule has 23 heavy (non-hydrogen) atoms. The number of fused-ring (bicyclic) bond motifs is 1. The summed E-state index contributed by atoms with van der Waals surface area (Å²) in [6.07, 6.45) is 0.856. The van der Waals surface area contributed by atoms with Crippen LogP contribution in [0.3, 0.4) is 0 Å². The number of benzene rings is 2. The number of imide groups is 1. The maximum Gasteiger partial charge on any atom is 0.266 e. The summed E-state index contributed by atoms with van der Waals surface area (Å²) in [5.74, 6) is -0.0161. The predicted octanol–water partition coefficient (Wildman–Crippen LogP) is 3.89. The van der Waals surface area contributed by atoms with Crippen molar-refractivity contribution in [2.45, 2.75) is 27.2 Å². The van der Waals surface area contributed by atoms with Crippen LogP contribution in [0.1, 0.15) is 45.2 Å². The molecule has 1 aliphatic heterocycles. The molecule has 0 atom stereocenters. The van der Waals surface area contributed by atoms with E-state index in [2.05, 4.69) is 0 Å². The summed E-state index contributed by atoms with van der Waals surface area (Å²) < 4.78 is 5.70. The fraction of sp³-hybridized carbons (Fsp3) is 0.263. The Morgan fingerprint density at radius 1 is 1.00 bits per heavy atom. The smallest absolute Gasteiger partial charge is 0.266 e. The molecule has 0 saturated heterocycles. The van der Waals surface area contributed by atoms with E-state index < -0.39 is 0 Å². The summed E-state index contributed by atoms with van der Waals surface area (Å²) in [6, 6.07) is 10.8. The number of hydrogen-bond donors (Lipinski definition) is 0. The standard InChI is InChI=1S/C19H19NO3/c1-4-11-23-16-8-6-5-7-15(16)20-18(21)14-10-9-12(2)13(3)17(14)19(20)22/h5-10H,4,11H2,1-3H3. The van der Waals surface area contributed by atoms with Gasteiger partial charge in [-0.2, -0.15) is 0 Å². The Balaban J connectivity index is 2.08. The molecule has 0 bridgehead atoms. The first kappa shape index (κ1) is 15.3. The minimum atomic E-state index is -0.291. The predicted molar refractivity (Wildman–Crippen MR) is 89.3 cm³/mol. The van der Waals surface area contributed by atoms with Gasteiger partial charge in [-0.05, 0) is 49.6 Å². The fourth-order valence-electron chi connectivity index (χ4n) is 2.79. The van der Waals surface area contributed by atoms with Crippen LogP contribution in [-0.2, 0) is 0 Å². The molecule has 118 valence electrons. The van der Waals surface area contributed by atoms with Crippen molar-refractivity contribution in [2.75, 3.05) is 11.5 Å². The van der Waals surface area contributed by atoms with Crippen LogP contribution in [0.4, 0.5) is 5.69 Å². The molecule has 0 spiro atoms. The van der Waals surface area contributed by atoms with Crippen LogP contribution >= 0.6 is 0 Å². The van der Waals surface area contributed by atoms with E-state index in [1.807, 2.05) is 32.9 Å². The summed E-state index contributed by atoms with van der Waals surface area (Å²) in [6.45, 7) is 6.37. The summed E-state index contributed by atoms with van der Waals surface area (Å²) in [4.78, 5) is 26.8. The molecule has 2 amide bonds. The van der Waals surface area contributed by atoms with E-state index in [0.29, 0.717) is 29.2 Å². The van der Waals surface area contributed by atoms with Gasteiger partial charge in [0.1, 0.15) is 5.75 Å². The van der Waals surface area contributed by atoms with Gasteiger partial charge < -0.3 is 4.74 Å². The fourth-order valence-corrected chi connectivity index (χ4v) is 2.79. The third-order valence-corrected chi connectivity index (χ3v) is 4.15. The zero-order chi connectivity index (χ0) is 16.6.